The number of hydrogen-bond donors (Lipinski definition) is 0. The lowest BCUT2D eigenvalue weighted by Gasteiger charge is -2.27. The Hall–Kier alpha value is -3.62. The number of halogens is 1. The molecule has 0 radical (unpaired) electrons. The van der Waals surface area contributed by atoms with E-state index in [1.54, 1.807) is 25.3 Å². The van der Waals surface area contributed by atoms with Crippen molar-refractivity contribution in [3.63, 3.8) is 0 Å². The molecule has 0 saturated heterocycles. The molecule has 2 amide bonds. The number of hydrogen-bond acceptors (Lipinski definition) is 6. The van der Waals surface area contributed by atoms with E-state index >= 15 is 0 Å². The number of benzene rings is 2. The van der Waals surface area contributed by atoms with Gasteiger partial charge in [-0.1, -0.05) is 48.0 Å². The van der Waals surface area contributed by atoms with Crippen molar-refractivity contribution in [3.05, 3.63) is 88.8 Å². The third-order valence-corrected chi connectivity index (χ3v) is 6.09. The lowest BCUT2D eigenvalue weighted by atomic mass is 9.97. The molecular weight excluding hydrogens is 470 g/mol. The molecule has 9 heteroatoms. The van der Waals surface area contributed by atoms with Gasteiger partial charge in [-0.25, -0.2) is 5.01 Å². The normalized spacial score (nSPS) is 15.1. The topological polar surface area (TPSA) is 84.6 Å². The SMILES string of the molecule is COCCN(CC(=O)N1N=C(c2ccccc2Cl)C[C@H]1c1ccccc1OC)C(=O)c1ccco1. The number of carbonyl (C=O) groups is 2. The van der Waals surface area contributed by atoms with Gasteiger partial charge in [-0.2, -0.15) is 5.10 Å². The van der Waals surface area contributed by atoms with Gasteiger partial charge in [0.05, 0.1) is 31.7 Å². The molecule has 0 N–H and O–H groups in total. The molecule has 0 bridgehead atoms. The number of nitrogens with zero attached hydrogens (tertiary/aromatic N) is 3. The van der Waals surface area contributed by atoms with Gasteiger partial charge >= 0.3 is 0 Å². The Labute approximate surface area is 208 Å². The Morgan fingerprint density at radius 1 is 1.11 bits per heavy atom. The zero-order valence-corrected chi connectivity index (χ0v) is 20.3. The highest BCUT2D eigenvalue weighted by molar-refractivity contribution is 6.34. The first-order chi connectivity index (χ1) is 17.0. The standard InChI is InChI=1S/C26H26ClN3O5/c1-33-15-13-29(26(32)24-12-7-14-35-24)17-25(31)30-22(19-9-4-6-11-23(19)34-2)16-21(28-30)18-8-3-5-10-20(18)27/h3-12,14,22H,13,15-17H2,1-2H3/t22-/m0/s1. The molecule has 0 unspecified atom stereocenters. The maximum Gasteiger partial charge on any atom is 0.290 e. The molecule has 2 heterocycles. The van der Waals surface area contributed by atoms with Crippen molar-refractivity contribution in [1.29, 1.82) is 0 Å². The predicted octanol–water partition coefficient (Wildman–Crippen LogP) is 4.41. The van der Waals surface area contributed by atoms with E-state index in [1.807, 2.05) is 42.5 Å². The van der Waals surface area contributed by atoms with Crippen LogP contribution in [0.4, 0.5) is 0 Å². The highest BCUT2D eigenvalue weighted by Gasteiger charge is 2.36. The van der Waals surface area contributed by atoms with E-state index in [0.29, 0.717) is 22.9 Å². The number of para-hydroxylation sites is 1. The molecule has 1 aliphatic heterocycles. The average Bonchev–Trinajstić information content (AvgIpc) is 3.57. The molecule has 0 spiro atoms. The van der Waals surface area contributed by atoms with Crippen LogP contribution in [0.3, 0.4) is 0 Å². The molecule has 8 nitrogen and oxygen atoms in total. The summed E-state index contributed by atoms with van der Waals surface area (Å²) in [6, 6.07) is 17.7. The summed E-state index contributed by atoms with van der Waals surface area (Å²) in [7, 11) is 3.13. The van der Waals surface area contributed by atoms with Crippen molar-refractivity contribution in [3.8, 4) is 5.75 Å². The summed E-state index contributed by atoms with van der Waals surface area (Å²) in [6.07, 6.45) is 1.86. The quantitative estimate of drug-likeness (QED) is 0.439. The number of amides is 2. The fourth-order valence-corrected chi connectivity index (χ4v) is 4.27. The minimum Gasteiger partial charge on any atom is -0.496 e. The molecule has 3 aromatic rings. The van der Waals surface area contributed by atoms with Gasteiger partial charge in [-0.05, 0) is 24.3 Å². The van der Waals surface area contributed by atoms with Crippen molar-refractivity contribution < 1.29 is 23.5 Å². The number of hydrazone groups is 1. The van der Waals surface area contributed by atoms with Gasteiger partial charge in [0.2, 0.25) is 0 Å². The summed E-state index contributed by atoms with van der Waals surface area (Å²) in [5.41, 5.74) is 2.25. The molecule has 0 fully saturated rings. The lowest BCUT2D eigenvalue weighted by molar-refractivity contribution is -0.133. The molecule has 182 valence electrons. The van der Waals surface area contributed by atoms with Crippen LogP contribution in [-0.4, -0.2) is 61.4 Å². The van der Waals surface area contributed by atoms with E-state index in [0.717, 1.165) is 11.1 Å². The Balaban J connectivity index is 1.67. The maximum atomic E-state index is 13.6. The maximum absolute atomic E-state index is 13.6. The smallest absolute Gasteiger partial charge is 0.290 e. The van der Waals surface area contributed by atoms with Gasteiger partial charge in [0.1, 0.15) is 12.3 Å². The van der Waals surface area contributed by atoms with Crippen molar-refractivity contribution in [2.45, 2.75) is 12.5 Å². The van der Waals surface area contributed by atoms with Crippen LogP contribution in [0.2, 0.25) is 5.02 Å². The van der Waals surface area contributed by atoms with Gasteiger partial charge in [0, 0.05) is 36.2 Å². The molecule has 0 saturated carbocycles. The Bertz CT molecular complexity index is 1210. The molecule has 1 atom stereocenters. The highest BCUT2D eigenvalue weighted by atomic mass is 35.5. The van der Waals surface area contributed by atoms with E-state index in [2.05, 4.69) is 5.10 Å². The molecule has 1 aliphatic rings. The van der Waals surface area contributed by atoms with E-state index in [-0.39, 0.29) is 31.4 Å². The predicted molar refractivity (Wildman–Crippen MR) is 132 cm³/mol. The van der Waals surface area contributed by atoms with Crippen molar-refractivity contribution in [1.82, 2.24) is 9.91 Å². The summed E-state index contributed by atoms with van der Waals surface area (Å²) < 4.78 is 16.0. The third kappa shape index (κ3) is 5.39. The summed E-state index contributed by atoms with van der Waals surface area (Å²) in [5.74, 6) is 0.0494. The molecule has 35 heavy (non-hydrogen) atoms. The molecule has 2 aromatic carbocycles. The van der Waals surface area contributed by atoms with Crippen LogP contribution in [0.1, 0.15) is 34.1 Å². The Morgan fingerprint density at radius 2 is 1.89 bits per heavy atom. The van der Waals surface area contributed by atoms with E-state index < -0.39 is 11.9 Å². The third-order valence-electron chi connectivity index (χ3n) is 5.76. The number of carbonyl (C=O) groups excluding carboxylic acids is 2. The Morgan fingerprint density at radius 3 is 2.60 bits per heavy atom. The number of methoxy groups -OCH3 is 2. The second-order valence-corrected chi connectivity index (χ2v) is 8.33. The van der Waals surface area contributed by atoms with Crippen molar-refractivity contribution in [2.75, 3.05) is 33.9 Å². The minimum absolute atomic E-state index is 0.150. The first-order valence-electron chi connectivity index (χ1n) is 11.1. The van der Waals surface area contributed by atoms with Gasteiger partial charge in [-0.15, -0.1) is 0 Å². The fourth-order valence-electron chi connectivity index (χ4n) is 4.03. The molecule has 4 rings (SSSR count). The average molecular weight is 496 g/mol. The first kappa shape index (κ1) is 24.5. The lowest BCUT2D eigenvalue weighted by Crippen LogP contribution is -2.42. The second-order valence-electron chi connectivity index (χ2n) is 7.92. The number of rotatable bonds is 9. The summed E-state index contributed by atoms with van der Waals surface area (Å²) >= 11 is 6.44. The Kier molecular flexibility index (Phi) is 7.84. The van der Waals surface area contributed by atoms with Gasteiger partial charge in [0.15, 0.2) is 5.76 Å². The zero-order chi connectivity index (χ0) is 24.8. The second kappa shape index (κ2) is 11.2. The summed E-state index contributed by atoms with van der Waals surface area (Å²) in [6.45, 7) is 0.285. The van der Waals surface area contributed by atoms with Crippen molar-refractivity contribution in [2.24, 2.45) is 5.10 Å². The largest absolute Gasteiger partial charge is 0.496 e. The zero-order valence-electron chi connectivity index (χ0n) is 19.5. The monoisotopic (exact) mass is 495 g/mol. The minimum atomic E-state index is -0.423. The van der Waals surface area contributed by atoms with Crippen LogP contribution in [-0.2, 0) is 9.53 Å². The van der Waals surface area contributed by atoms with E-state index in [9.17, 15) is 9.59 Å². The summed E-state index contributed by atoms with van der Waals surface area (Å²) in [4.78, 5) is 28.0. The molecule has 1 aromatic heterocycles. The van der Waals surface area contributed by atoms with Gasteiger partial charge < -0.3 is 18.8 Å². The number of furan rings is 1. The van der Waals surface area contributed by atoms with Gasteiger partial charge in [-0.3, -0.25) is 9.59 Å². The highest BCUT2D eigenvalue weighted by Crippen LogP contribution is 2.38. The molecule has 0 aliphatic carbocycles. The van der Waals surface area contributed by atoms with Crippen LogP contribution >= 0.6 is 11.6 Å². The fraction of sp³-hybridized carbons (Fsp3) is 0.269. The van der Waals surface area contributed by atoms with Crippen LogP contribution in [0.5, 0.6) is 5.75 Å². The van der Waals surface area contributed by atoms with Crippen molar-refractivity contribution >= 4 is 29.1 Å². The van der Waals surface area contributed by atoms with Crippen LogP contribution < -0.4 is 4.74 Å². The molecular formula is C26H26ClN3O5. The van der Waals surface area contributed by atoms with E-state index in [4.69, 9.17) is 25.5 Å². The van der Waals surface area contributed by atoms with Crippen LogP contribution in [0.15, 0.2) is 76.4 Å². The van der Waals surface area contributed by atoms with Gasteiger partial charge in [0.25, 0.3) is 11.8 Å². The number of ether oxygens (including phenoxy) is 2. The summed E-state index contributed by atoms with van der Waals surface area (Å²) in [5, 5.41) is 6.65. The van der Waals surface area contributed by atoms with Crippen LogP contribution in [0.25, 0.3) is 0 Å². The van der Waals surface area contributed by atoms with Crippen LogP contribution in [0, 0.1) is 0 Å². The first-order valence-corrected chi connectivity index (χ1v) is 11.5. The van der Waals surface area contributed by atoms with E-state index in [1.165, 1.54) is 23.3 Å².